The molecule has 0 saturated carbocycles. The minimum absolute atomic E-state index is 0.174. The number of aryl methyl sites for hydroxylation is 1. The summed E-state index contributed by atoms with van der Waals surface area (Å²) in [7, 11) is 0. The zero-order valence-corrected chi connectivity index (χ0v) is 10.9. The van der Waals surface area contributed by atoms with E-state index in [1.54, 1.807) is 6.07 Å². The van der Waals surface area contributed by atoms with Gasteiger partial charge >= 0.3 is 0 Å². The number of rotatable bonds is 2. The average Bonchev–Trinajstić information content (AvgIpc) is 2.38. The van der Waals surface area contributed by atoms with E-state index in [0.717, 1.165) is 31.6 Å². The first-order valence-electron chi connectivity index (χ1n) is 6.36. The van der Waals surface area contributed by atoms with Crippen LogP contribution in [0.3, 0.4) is 0 Å². The third-order valence-corrected chi connectivity index (χ3v) is 2.70. The van der Waals surface area contributed by atoms with Crippen LogP contribution >= 0.6 is 0 Å². The van der Waals surface area contributed by atoms with Crippen molar-refractivity contribution in [2.24, 2.45) is 0 Å². The van der Waals surface area contributed by atoms with Crippen molar-refractivity contribution in [1.29, 1.82) is 0 Å². The van der Waals surface area contributed by atoms with Gasteiger partial charge in [-0.15, -0.1) is 0 Å². The molecule has 0 radical (unpaired) electrons. The summed E-state index contributed by atoms with van der Waals surface area (Å²) in [6.07, 6.45) is 1.90. The standard InChI is InChI=1S/C12H16FNO.C2H6/c1-9-2-3-11(13)12(8-9)14-10-4-6-15-7-5-10;1-2/h2-3,8,10,14H,4-7H2,1H3;1-2H3. The molecule has 0 unspecified atom stereocenters. The molecular weight excluding hydrogens is 217 g/mol. The second kappa shape index (κ2) is 7.28. The molecule has 0 aliphatic carbocycles. The Hall–Kier alpha value is -1.09. The van der Waals surface area contributed by atoms with E-state index in [1.165, 1.54) is 6.07 Å². The second-order valence-corrected chi connectivity index (χ2v) is 4.01. The van der Waals surface area contributed by atoms with Crippen LogP contribution in [0.1, 0.15) is 32.3 Å². The number of ether oxygens (including phenoxy) is 1. The Morgan fingerprint density at radius 1 is 1.24 bits per heavy atom. The minimum Gasteiger partial charge on any atom is -0.381 e. The van der Waals surface area contributed by atoms with Gasteiger partial charge in [0.2, 0.25) is 0 Å². The van der Waals surface area contributed by atoms with E-state index in [0.29, 0.717) is 11.7 Å². The molecule has 1 aromatic rings. The maximum absolute atomic E-state index is 13.4. The molecule has 96 valence electrons. The number of hydrogen-bond acceptors (Lipinski definition) is 2. The first-order valence-corrected chi connectivity index (χ1v) is 6.36. The molecule has 0 amide bonds. The van der Waals surface area contributed by atoms with Gasteiger partial charge in [-0.25, -0.2) is 4.39 Å². The fraction of sp³-hybridized carbons (Fsp3) is 0.571. The smallest absolute Gasteiger partial charge is 0.146 e. The van der Waals surface area contributed by atoms with Crippen LogP contribution in [0, 0.1) is 12.7 Å². The molecule has 1 aliphatic heterocycles. The monoisotopic (exact) mass is 239 g/mol. The lowest BCUT2D eigenvalue weighted by atomic mass is 10.1. The molecule has 0 bridgehead atoms. The van der Waals surface area contributed by atoms with Crippen LogP contribution < -0.4 is 5.32 Å². The number of benzene rings is 1. The lowest BCUT2D eigenvalue weighted by Gasteiger charge is -2.24. The molecule has 1 heterocycles. The predicted molar refractivity (Wildman–Crippen MR) is 69.9 cm³/mol. The van der Waals surface area contributed by atoms with Gasteiger partial charge in [-0.05, 0) is 37.5 Å². The van der Waals surface area contributed by atoms with E-state index >= 15 is 0 Å². The predicted octanol–water partition coefficient (Wildman–Crippen LogP) is 3.75. The Bertz CT molecular complexity index is 335. The Morgan fingerprint density at radius 3 is 2.53 bits per heavy atom. The lowest BCUT2D eigenvalue weighted by Crippen LogP contribution is -2.28. The highest BCUT2D eigenvalue weighted by Gasteiger charge is 2.14. The van der Waals surface area contributed by atoms with E-state index in [-0.39, 0.29) is 5.82 Å². The zero-order valence-electron chi connectivity index (χ0n) is 10.9. The molecule has 0 atom stereocenters. The molecule has 2 nitrogen and oxygen atoms in total. The first-order chi connectivity index (χ1) is 8.25. The van der Waals surface area contributed by atoms with E-state index in [2.05, 4.69) is 5.32 Å². The van der Waals surface area contributed by atoms with Gasteiger partial charge in [0.05, 0.1) is 5.69 Å². The van der Waals surface area contributed by atoms with Crippen molar-refractivity contribution in [3.63, 3.8) is 0 Å². The summed E-state index contributed by atoms with van der Waals surface area (Å²) >= 11 is 0. The van der Waals surface area contributed by atoms with Gasteiger partial charge in [-0.3, -0.25) is 0 Å². The first kappa shape index (κ1) is 14.0. The van der Waals surface area contributed by atoms with E-state index in [9.17, 15) is 4.39 Å². The lowest BCUT2D eigenvalue weighted by molar-refractivity contribution is 0.0904. The third kappa shape index (κ3) is 4.35. The molecule has 2 rings (SSSR count). The largest absolute Gasteiger partial charge is 0.381 e. The highest BCUT2D eigenvalue weighted by atomic mass is 19.1. The van der Waals surface area contributed by atoms with Crippen molar-refractivity contribution in [3.05, 3.63) is 29.6 Å². The van der Waals surface area contributed by atoms with Gasteiger partial charge in [0, 0.05) is 19.3 Å². The minimum atomic E-state index is -0.174. The van der Waals surface area contributed by atoms with Gasteiger partial charge < -0.3 is 10.1 Å². The van der Waals surface area contributed by atoms with Gasteiger partial charge in [-0.2, -0.15) is 0 Å². The molecule has 17 heavy (non-hydrogen) atoms. The van der Waals surface area contributed by atoms with Crippen molar-refractivity contribution < 1.29 is 9.13 Å². The third-order valence-electron chi connectivity index (χ3n) is 2.70. The summed E-state index contributed by atoms with van der Waals surface area (Å²) in [5.74, 6) is -0.174. The topological polar surface area (TPSA) is 21.3 Å². The van der Waals surface area contributed by atoms with Gasteiger partial charge in [0.25, 0.3) is 0 Å². The summed E-state index contributed by atoms with van der Waals surface area (Å²) in [5, 5.41) is 3.23. The molecule has 3 heteroatoms. The van der Waals surface area contributed by atoms with Crippen LogP contribution in [0.25, 0.3) is 0 Å². The highest BCUT2D eigenvalue weighted by molar-refractivity contribution is 5.47. The molecule has 1 N–H and O–H groups in total. The van der Waals surface area contributed by atoms with Crippen molar-refractivity contribution in [3.8, 4) is 0 Å². The Balaban J connectivity index is 0.000000686. The molecule has 1 aliphatic rings. The molecule has 1 aromatic carbocycles. The van der Waals surface area contributed by atoms with Crippen molar-refractivity contribution in [2.45, 2.75) is 39.7 Å². The number of halogens is 1. The SMILES string of the molecule is CC.Cc1ccc(F)c(NC2CCOCC2)c1. The molecule has 0 aromatic heterocycles. The molecular formula is C14H22FNO. The molecule has 1 saturated heterocycles. The van der Waals surface area contributed by atoms with Crippen LogP contribution in [0.2, 0.25) is 0 Å². The van der Waals surface area contributed by atoms with E-state index in [1.807, 2.05) is 26.8 Å². The zero-order chi connectivity index (χ0) is 12.7. The van der Waals surface area contributed by atoms with Gasteiger partial charge in [-0.1, -0.05) is 19.9 Å². The highest BCUT2D eigenvalue weighted by Crippen LogP contribution is 2.19. The Kier molecular flexibility index (Phi) is 5.98. The fourth-order valence-corrected chi connectivity index (χ4v) is 1.81. The van der Waals surface area contributed by atoms with Crippen LogP contribution in [-0.4, -0.2) is 19.3 Å². The summed E-state index contributed by atoms with van der Waals surface area (Å²) in [6, 6.07) is 5.49. The maximum atomic E-state index is 13.4. The second-order valence-electron chi connectivity index (χ2n) is 4.01. The van der Waals surface area contributed by atoms with Crippen LogP contribution in [-0.2, 0) is 4.74 Å². The molecule has 0 spiro atoms. The summed E-state index contributed by atoms with van der Waals surface area (Å²) in [4.78, 5) is 0. The van der Waals surface area contributed by atoms with E-state index in [4.69, 9.17) is 4.74 Å². The fourth-order valence-electron chi connectivity index (χ4n) is 1.81. The number of anilines is 1. The van der Waals surface area contributed by atoms with E-state index < -0.39 is 0 Å². The van der Waals surface area contributed by atoms with Gasteiger partial charge in [0.15, 0.2) is 0 Å². The Morgan fingerprint density at radius 2 is 1.88 bits per heavy atom. The van der Waals surface area contributed by atoms with Crippen molar-refractivity contribution >= 4 is 5.69 Å². The average molecular weight is 239 g/mol. The Labute approximate surface area is 103 Å². The van der Waals surface area contributed by atoms with Gasteiger partial charge in [0.1, 0.15) is 5.82 Å². The quantitative estimate of drug-likeness (QED) is 0.848. The van der Waals surface area contributed by atoms with Crippen LogP contribution in [0.5, 0.6) is 0 Å². The maximum Gasteiger partial charge on any atom is 0.146 e. The normalized spacial score (nSPS) is 16.0. The number of hydrogen-bond donors (Lipinski definition) is 1. The summed E-state index contributed by atoms with van der Waals surface area (Å²) < 4.78 is 18.7. The van der Waals surface area contributed by atoms with Crippen LogP contribution in [0.15, 0.2) is 18.2 Å². The summed E-state index contributed by atoms with van der Waals surface area (Å²) in [5.41, 5.74) is 1.69. The van der Waals surface area contributed by atoms with Crippen molar-refractivity contribution in [1.82, 2.24) is 0 Å². The summed E-state index contributed by atoms with van der Waals surface area (Å²) in [6.45, 7) is 7.50. The van der Waals surface area contributed by atoms with Crippen molar-refractivity contribution in [2.75, 3.05) is 18.5 Å². The van der Waals surface area contributed by atoms with Crippen LogP contribution in [0.4, 0.5) is 10.1 Å². The number of nitrogens with one attached hydrogen (secondary N) is 1. The molecule has 1 fully saturated rings.